The van der Waals surface area contributed by atoms with E-state index in [1.54, 1.807) is 0 Å². The lowest BCUT2D eigenvalue weighted by Crippen LogP contribution is -2.55. The van der Waals surface area contributed by atoms with Gasteiger partial charge in [0.25, 0.3) is 0 Å². The SMILES string of the molecule is CC1CC(C)(C)CCC1(C#N)NCC(F)(F)F. The molecule has 0 amide bonds. The highest BCUT2D eigenvalue weighted by Gasteiger charge is 2.45. The van der Waals surface area contributed by atoms with Crippen LogP contribution in [0.5, 0.6) is 0 Å². The summed E-state index contributed by atoms with van der Waals surface area (Å²) in [7, 11) is 0. The fourth-order valence-corrected chi connectivity index (χ4v) is 2.61. The molecule has 98 valence electrons. The first-order chi connectivity index (χ1) is 7.60. The van der Waals surface area contributed by atoms with Gasteiger partial charge in [0.1, 0.15) is 5.54 Å². The number of nitrogens with zero attached hydrogens (tertiary/aromatic N) is 1. The van der Waals surface area contributed by atoms with Gasteiger partial charge in [0.15, 0.2) is 0 Å². The Morgan fingerprint density at radius 1 is 1.35 bits per heavy atom. The summed E-state index contributed by atoms with van der Waals surface area (Å²) >= 11 is 0. The van der Waals surface area contributed by atoms with Crippen molar-refractivity contribution in [3.8, 4) is 6.07 Å². The molecule has 0 aromatic carbocycles. The molecule has 0 saturated heterocycles. The van der Waals surface area contributed by atoms with E-state index in [-0.39, 0.29) is 11.3 Å². The molecule has 2 nitrogen and oxygen atoms in total. The predicted octanol–water partition coefficient (Wildman–Crippen LogP) is 3.25. The van der Waals surface area contributed by atoms with Crippen LogP contribution in [0.15, 0.2) is 0 Å². The summed E-state index contributed by atoms with van der Waals surface area (Å²) in [5, 5.41) is 11.6. The Labute approximate surface area is 100 Å². The molecule has 0 bridgehead atoms. The fourth-order valence-electron chi connectivity index (χ4n) is 2.61. The summed E-state index contributed by atoms with van der Waals surface area (Å²) in [6.07, 6.45) is -2.24. The minimum atomic E-state index is -4.27. The number of alkyl halides is 3. The van der Waals surface area contributed by atoms with Crippen molar-refractivity contribution in [1.82, 2.24) is 5.32 Å². The smallest absolute Gasteiger partial charge is 0.291 e. The Bertz CT molecular complexity index is 317. The fraction of sp³-hybridized carbons (Fsp3) is 0.917. The van der Waals surface area contributed by atoms with Crippen LogP contribution in [-0.2, 0) is 0 Å². The van der Waals surface area contributed by atoms with Crippen molar-refractivity contribution in [3.63, 3.8) is 0 Å². The average Bonchev–Trinajstić information content (AvgIpc) is 2.15. The van der Waals surface area contributed by atoms with E-state index in [1.807, 2.05) is 6.92 Å². The van der Waals surface area contributed by atoms with E-state index in [2.05, 4.69) is 25.2 Å². The summed E-state index contributed by atoms with van der Waals surface area (Å²) in [4.78, 5) is 0. The van der Waals surface area contributed by atoms with E-state index in [1.165, 1.54) is 0 Å². The lowest BCUT2D eigenvalue weighted by atomic mass is 9.64. The Balaban J connectivity index is 2.74. The average molecular weight is 248 g/mol. The van der Waals surface area contributed by atoms with Crippen molar-refractivity contribution < 1.29 is 13.2 Å². The molecule has 0 aromatic heterocycles. The maximum atomic E-state index is 12.2. The normalized spacial score (nSPS) is 33.1. The summed E-state index contributed by atoms with van der Waals surface area (Å²) in [5.74, 6) is -0.0707. The van der Waals surface area contributed by atoms with Gasteiger partial charge in [-0.05, 0) is 30.6 Å². The largest absolute Gasteiger partial charge is 0.401 e. The van der Waals surface area contributed by atoms with Gasteiger partial charge >= 0.3 is 6.18 Å². The van der Waals surface area contributed by atoms with Gasteiger partial charge in [0, 0.05) is 0 Å². The van der Waals surface area contributed by atoms with Crippen molar-refractivity contribution in [3.05, 3.63) is 0 Å². The molecular weight excluding hydrogens is 229 g/mol. The zero-order valence-corrected chi connectivity index (χ0v) is 10.5. The second kappa shape index (κ2) is 4.49. The molecule has 1 aliphatic rings. The standard InChI is InChI=1S/C12H19F3N2/c1-9-6-10(2,3)4-5-11(9,7-16)17-8-12(13,14)15/h9,17H,4-6,8H2,1-3H3. The van der Waals surface area contributed by atoms with Crippen LogP contribution in [0.1, 0.15) is 40.0 Å². The van der Waals surface area contributed by atoms with Crippen molar-refractivity contribution in [1.29, 1.82) is 5.26 Å². The highest BCUT2D eigenvalue weighted by Crippen LogP contribution is 2.43. The monoisotopic (exact) mass is 248 g/mol. The van der Waals surface area contributed by atoms with Crippen LogP contribution in [0.2, 0.25) is 0 Å². The second-order valence-corrected chi connectivity index (χ2v) is 5.82. The molecule has 2 atom stereocenters. The summed E-state index contributed by atoms with van der Waals surface area (Å²) in [6.45, 7) is 4.95. The Hall–Kier alpha value is -0.760. The molecule has 0 heterocycles. The van der Waals surface area contributed by atoms with Crippen LogP contribution in [-0.4, -0.2) is 18.3 Å². The van der Waals surface area contributed by atoms with Gasteiger partial charge in [-0.3, -0.25) is 5.32 Å². The van der Waals surface area contributed by atoms with E-state index < -0.39 is 18.3 Å². The van der Waals surface area contributed by atoms with Crippen LogP contribution >= 0.6 is 0 Å². The summed E-state index contributed by atoms with van der Waals surface area (Å²) < 4.78 is 36.7. The highest BCUT2D eigenvalue weighted by atomic mass is 19.4. The molecule has 17 heavy (non-hydrogen) atoms. The highest BCUT2D eigenvalue weighted by molar-refractivity contribution is 5.13. The molecule has 0 aliphatic heterocycles. The Kier molecular flexibility index (Phi) is 3.78. The van der Waals surface area contributed by atoms with E-state index in [4.69, 9.17) is 0 Å². The maximum absolute atomic E-state index is 12.2. The molecule has 1 N–H and O–H groups in total. The number of nitriles is 1. The molecule has 0 spiro atoms. The maximum Gasteiger partial charge on any atom is 0.401 e. The van der Waals surface area contributed by atoms with Gasteiger partial charge in [0.2, 0.25) is 0 Å². The number of halogens is 3. The Morgan fingerprint density at radius 2 is 1.94 bits per heavy atom. The third-order valence-corrected chi connectivity index (χ3v) is 3.70. The van der Waals surface area contributed by atoms with Crippen LogP contribution in [0.25, 0.3) is 0 Å². The zero-order chi connectivity index (χ0) is 13.3. The van der Waals surface area contributed by atoms with Gasteiger partial charge in [-0.15, -0.1) is 0 Å². The van der Waals surface area contributed by atoms with Gasteiger partial charge < -0.3 is 0 Å². The molecule has 1 rings (SSSR count). The van der Waals surface area contributed by atoms with Gasteiger partial charge in [0.05, 0.1) is 12.6 Å². The van der Waals surface area contributed by atoms with Crippen LogP contribution < -0.4 is 5.32 Å². The quantitative estimate of drug-likeness (QED) is 0.814. The van der Waals surface area contributed by atoms with Crippen molar-refractivity contribution in [2.45, 2.75) is 51.7 Å². The lowest BCUT2D eigenvalue weighted by molar-refractivity contribution is -0.130. The van der Waals surface area contributed by atoms with Crippen LogP contribution in [0.4, 0.5) is 13.2 Å². The molecular formula is C12H19F3N2. The van der Waals surface area contributed by atoms with E-state index in [0.717, 1.165) is 12.8 Å². The molecule has 0 aromatic rings. The van der Waals surface area contributed by atoms with Gasteiger partial charge in [-0.2, -0.15) is 18.4 Å². The van der Waals surface area contributed by atoms with E-state index in [9.17, 15) is 18.4 Å². The molecule has 1 saturated carbocycles. The second-order valence-electron chi connectivity index (χ2n) is 5.82. The van der Waals surface area contributed by atoms with Crippen molar-refractivity contribution in [2.24, 2.45) is 11.3 Å². The minimum Gasteiger partial charge on any atom is -0.291 e. The van der Waals surface area contributed by atoms with Gasteiger partial charge in [-0.1, -0.05) is 20.8 Å². The van der Waals surface area contributed by atoms with E-state index in [0.29, 0.717) is 6.42 Å². The third-order valence-electron chi connectivity index (χ3n) is 3.70. The summed E-state index contributed by atoms with van der Waals surface area (Å²) in [6, 6.07) is 2.07. The predicted molar refractivity (Wildman–Crippen MR) is 59.2 cm³/mol. The zero-order valence-electron chi connectivity index (χ0n) is 10.5. The van der Waals surface area contributed by atoms with Crippen molar-refractivity contribution in [2.75, 3.05) is 6.54 Å². The molecule has 5 heteroatoms. The Morgan fingerprint density at radius 3 is 2.35 bits per heavy atom. The lowest BCUT2D eigenvalue weighted by Gasteiger charge is -2.45. The first kappa shape index (κ1) is 14.3. The molecule has 2 unspecified atom stereocenters. The summed E-state index contributed by atoms with van der Waals surface area (Å²) in [5.41, 5.74) is -0.912. The number of hydrogen-bond acceptors (Lipinski definition) is 2. The van der Waals surface area contributed by atoms with E-state index >= 15 is 0 Å². The van der Waals surface area contributed by atoms with Crippen LogP contribution in [0, 0.1) is 22.7 Å². The molecule has 1 aliphatic carbocycles. The molecule has 1 fully saturated rings. The number of nitrogens with one attached hydrogen (secondary N) is 1. The number of rotatable bonds is 2. The first-order valence-electron chi connectivity index (χ1n) is 5.83. The van der Waals surface area contributed by atoms with Gasteiger partial charge in [-0.25, -0.2) is 0 Å². The topological polar surface area (TPSA) is 35.8 Å². The third kappa shape index (κ3) is 3.60. The first-order valence-corrected chi connectivity index (χ1v) is 5.83. The van der Waals surface area contributed by atoms with Crippen LogP contribution in [0.3, 0.4) is 0 Å². The van der Waals surface area contributed by atoms with Crippen molar-refractivity contribution >= 4 is 0 Å². The number of hydrogen-bond donors (Lipinski definition) is 1. The minimum absolute atomic E-state index is 0.0707. The molecule has 0 radical (unpaired) electrons.